The average molecular weight is 407 g/mol. The summed E-state index contributed by atoms with van der Waals surface area (Å²) in [6, 6.07) is 27.1. The van der Waals surface area contributed by atoms with Crippen LogP contribution in [-0.2, 0) is 10.8 Å². The predicted octanol–water partition coefficient (Wildman–Crippen LogP) is 7.78. The van der Waals surface area contributed by atoms with E-state index in [1.165, 1.54) is 32.0 Å². The molecule has 0 aliphatic rings. The van der Waals surface area contributed by atoms with Crippen molar-refractivity contribution in [2.24, 2.45) is 0 Å². The molecule has 0 saturated carbocycles. The zero-order valence-corrected chi connectivity index (χ0v) is 19.4. The molecular weight excluding hydrogens is 376 g/mol. The quantitative estimate of drug-likeness (QED) is 0.383. The summed E-state index contributed by atoms with van der Waals surface area (Å²) in [7, 11) is 0. The van der Waals surface area contributed by atoms with E-state index in [1.54, 1.807) is 23.5 Å². The third-order valence-electron chi connectivity index (χ3n) is 5.95. The van der Waals surface area contributed by atoms with E-state index in [-0.39, 0.29) is 10.8 Å². The van der Waals surface area contributed by atoms with Gasteiger partial charge in [0.25, 0.3) is 0 Å². The average Bonchev–Trinajstić information content (AvgIpc) is 2.74. The van der Waals surface area contributed by atoms with E-state index in [2.05, 4.69) is 113 Å². The van der Waals surface area contributed by atoms with Crippen molar-refractivity contribution in [3.05, 3.63) is 95.1 Å². The summed E-state index contributed by atoms with van der Waals surface area (Å²) in [5.41, 5.74) is 5.37. The number of rotatable bonds is 6. The Morgan fingerprint density at radius 3 is 0.857 bits per heavy atom. The van der Waals surface area contributed by atoms with Crippen molar-refractivity contribution in [2.45, 2.75) is 48.3 Å². The van der Waals surface area contributed by atoms with Crippen LogP contribution in [0.2, 0.25) is 0 Å². The van der Waals surface area contributed by atoms with Crippen molar-refractivity contribution in [3.8, 4) is 0 Å². The van der Waals surface area contributed by atoms with Gasteiger partial charge in [0.2, 0.25) is 0 Å². The number of hydrogen-bond donors (Lipinski definition) is 0. The van der Waals surface area contributed by atoms with E-state index in [9.17, 15) is 0 Å². The van der Waals surface area contributed by atoms with Crippen LogP contribution in [0.3, 0.4) is 0 Å². The van der Waals surface area contributed by atoms with Crippen LogP contribution in [0.15, 0.2) is 82.6 Å². The molecule has 0 aliphatic carbocycles. The zero-order chi connectivity index (χ0) is 20.4. The summed E-state index contributed by atoms with van der Waals surface area (Å²) in [4.78, 5) is 2.62. The molecule has 0 saturated heterocycles. The summed E-state index contributed by atoms with van der Waals surface area (Å²) in [5.74, 6) is 0. The normalized spacial score (nSPS) is 12.2. The lowest BCUT2D eigenvalue weighted by Crippen LogP contribution is -2.21. The second-order valence-corrected chi connectivity index (χ2v) is 10.0. The molecule has 3 aromatic carbocycles. The highest BCUT2D eigenvalue weighted by Gasteiger charge is 2.26. The fourth-order valence-electron chi connectivity index (χ4n) is 3.65. The van der Waals surface area contributed by atoms with Gasteiger partial charge in [-0.25, -0.2) is 0 Å². The maximum absolute atomic E-state index is 2.31. The van der Waals surface area contributed by atoms with Crippen molar-refractivity contribution in [1.29, 1.82) is 0 Å². The number of thioether (sulfide) groups is 2. The van der Waals surface area contributed by atoms with Gasteiger partial charge in [0.15, 0.2) is 0 Å². The highest BCUT2D eigenvalue weighted by molar-refractivity contribution is 7.98. The largest absolute Gasteiger partial charge is 0.130 e. The standard InChI is InChI=1S/C26H30S2/c1-25(2,21-11-15-23(27-5)16-12-21)19-7-9-20(10-8-19)26(3,4)22-13-17-24(28-6)18-14-22/h7-18H,1-6H3. The van der Waals surface area contributed by atoms with Crippen LogP contribution in [-0.4, -0.2) is 12.5 Å². The molecule has 0 nitrogen and oxygen atoms in total. The topological polar surface area (TPSA) is 0 Å². The maximum Gasteiger partial charge on any atom is 0.0146 e. The Bertz CT molecular complexity index is 824. The maximum atomic E-state index is 2.31. The van der Waals surface area contributed by atoms with Gasteiger partial charge in [-0.2, -0.15) is 0 Å². The van der Waals surface area contributed by atoms with Gasteiger partial charge in [-0.1, -0.05) is 76.2 Å². The van der Waals surface area contributed by atoms with Crippen LogP contribution in [0.4, 0.5) is 0 Å². The summed E-state index contributed by atoms with van der Waals surface area (Å²) >= 11 is 3.57. The minimum Gasteiger partial charge on any atom is -0.130 e. The molecule has 2 heteroatoms. The molecule has 0 spiro atoms. The number of benzene rings is 3. The first-order chi connectivity index (χ1) is 13.3. The van der Waals surface area contributed by atoms with E-state index in [0.717, 1.165) is 0 Å². The van der Waals surface area contributed by atoms with Gasteiger partial charge in [0, 0.05) is 20.6 Å². The van der Waals surface area contributed by atoms with Crippen LogP contribution in [0.1, 0.15) is 49.9 Å². The first-order valence-electron chi connectivity index (χ1n) is 9.69. The second kappa shape index (κ2) is 8.39. The second-order valence-electron chi connectivity index (χ2n) is 8.28. The Kier molecular flexibility index (Phi) is 6.31. The zero-order valence-electron chi connectivity index (χ0n) is 17.7. The molecule has 0 radical (unpaired) electrons. The van der Waals surface area contributed by atoms with Crippen molar-refractivity contribution >= 4 is 23.5 Å². The summed E-state index contributed by atoms with van der Waals surface area (Å²) < 4.78 is 0. The van der Waals surface area contributed by atoms with Crippen LogP contribution < -0.4 is 0 Å². The van der Waals surface area contributed by atoms with Gasteiger partial charge in [0.05, 0.1) is 0 Å². The van der Waals surface area contributed by atoms with E-state index < -0.39 is 0 Å². The minimum atomic E-state index is -0.0143. The Morgan fingerprint density at radius 2 is 0.643 bits per heavy atom. The van der Waals surface area contributed by atoms with Crippen molar-refractivity contribution in [3.63, 3.8) is 0 Å². The van der Waals surface area contributed by atoms with Crippen molar-refractivity contribution in [1.82, 2.24) is 0 Å². The van der Waals surface area contributed by atoms with Crippen LogP contribution in [0.5, 0.6) is 0 Å². The lowest BCUT2D eigenvalue weighted by Gasteiger charge is -2.29. The minimum absolute atomic E-state index is 0.0143. The van der Waals surface area contributed by atoms with E-state index in [0.29, 0.717) is 0 Å². The van der Waals surface area contributed by atoms with E-state index in [1.807, 2.05) is 0 Å². The molecule has 0 heterocycles. The van der Waals surface area contributed by atoms with Gasteiger partial charge in [-0.15, -0.1) is 23.5 Å². The summed E-state index contributed by atoms with van der Waals surface area (Å²) in [6.45, 7) is 9.23. The fraction of sp³-hybridized carbons (Fsp3) is 0.308. The monoisotopic (exact) mass is 406 g/mol. The first-order valence-corrected chi connectivity index (χ1v) is 12.1. The fourth-order valence-corrected chi connectivity index (χ4v) is 4.47. The molecule has 146 valence electrons. The van der Waals surface area contributed by atoms with E-state index >= 15 is 0 Å². The lowest BCUT2D eigenvalue weighted by molar-refractivity contribution is 0.626. The highest BCUT2D eigenvalue weighted by atomic mass is 32.2. The smallest absolute Gasteiger partial charge is 0.0146 e. The molecule has 0 amide bonds. The van der Waals surface area contributed by atoms with Gasteiger partial charge in [-0.05, 0) is 59.0 Å². The molecule has 28 heavy (non-hydrogen) atoms. The Labute approximate surface area is 179 Å². The Hall–Kier alpha value is -1.64. The van der Waals surface area contributed by atoms with Gasteiger partial charge in [-0.3, -0.25) is 0 Å². The Balaban J connectivity index is 1.88. The molecule has 0 fully saturated rings. The third-order valence-corrected chi connectivity index (χ3v) is 7.44. The van der Waals surface area contributed by atoms with Gasteiger partial charge >= 0.3 is 0 Å². The SMILES string of the molecule is CSc1ccc(C(C)(C)c2ccc(C(C)(C)c3ccc(SC)cc3)cc2)cc1. The molecule has 0 aromatic heterocycles. The highest BCUT2D eigenvalue weighted by Crippen LogP contribution is 2.36. The molecule has 0 bridgehead atoms. The molecule has 0 aliphatic heterocycles. The number of hydrogen-bond acceptors (Lipinski definition) is 2. The van der Waals surface area contributed by atoms with Crippen LogP contribution in [0, 0.1) is 0 Å². The predicted molar refractivity (Wildman–Crippen MR) is 127 cm³/mol. The van der Waals surface area contributed by atoms with Crippen LogP contribution in [0.25, 0.3) is 0 Å². The van der Waals surface area contributed by atoms with Gasteiger partial charge in [0.1, 0.15) is 0 Å². The lowest BCUT2D eigenvalue weighted by atomic mass is 9.75. The molecule has 0 N–H and O–H groups in total. The third kappa shape index (κ3) is 4.18. The molecule has 3 rings (SSSR count). The van der Waals surface area contributed by atoms with Crippen molar-refractivity contribution < 1.29 is 0 Å². The van der Waals surface area contributed by atoms with Crippen LogP contribution >= 0.6 is 23.5 Å². The van der Waals surface area contributed by atoms with Gasteiger partial charge < -0.3 is 0 Å². The molecule has 0 atom stereocenters. The first kappa shape index (κ1) is 21.1. The van der Waals surface area contributed by atoms with Crippen molar-refractivity contribution in [2.75, 3.05) is 12.5 Å². The Morgan fingerprint density at radius 1 is 0.429 bits per heavy atom. The molecule has 0 unspecified atom stereocenters. The summed E-state index contributed by atoms with van der Waals surface area (Å²) in [6.07, 6.45) is 4.24. The van der Waals surface area contributed by atoms with E-state index in [4.69, 9.17) is 0 Å². The molecular formula is C26H30S2. The molecule has 3 aromatic rings. The summed E-state index contributed by atoms with van der Waals surface area (Å²) in [5, 5.41) is 0.